The molecule has 0 heteroatoms. The third kappa shape index (κ3) is 3.19. The SMILES string of the molecule is CC(C)C1CCC2CC(C3CCCCC3)CCC2C1. The van der Waals surface area contributed by atoms with Crippen molar-refractivity contribution >= 4 is 0 Å². The first-order chi connectivity index (χ1) is 9.24. The molecule has 0 heterocycles. The lowest BCUT2D eigenvalue weighted by atomic mass is 9.60. The van der Waals surface area contributed by atoms with E-state index >= 15 is 0 Å². The summed E-state index contributed by atoms with van der Waals surface area (Å²) in [6.45, 7) is 4.89. The smallest absolute Gasteiger partial charge is 0.0383 e. The Bertz CT molecular complexity index is 274. The van der Waals surface area contributed by atoms with Crippen LogP contribution in [0.25, 0.3) is 0 Å². The largest absolute Gasteiger partial charge is 0.0625 e. The van der Waals surface area contributed by atoms with Gasteiger partial charge in [0.05, 0.1) is 0 Å². The highest BCUT2D eigenvalue weighted by Crippen LogP contribution is 2.49. The molecule has 3 aliphatic rings. The van der Waals surface area contributed by atoms with Gasteiger partial charge in [-0.1, -0.05) is 46.0 Å². The molecule has 0 N–H and O–H groups in total. The van der Waals surface area contributed by atoms with Gasteiger partial charge in [0, 0.05) is 0 Å². The lowest BCUT2D eigenvalue weighted by Gasteiger charge is -2.45. The first kappa shape index (κ1) is 14.0. The van der Waals surface area contributed by atoms with Crippen LogP contribution < -0.4 is 0 Å². The Morgan fingerprint density at radius 3 is 1.84 bits per heavy atom. The highest BCUT2D eigenvalue weighted by Gasteiger charge is 2.38. The van der Waals surface area contributed by atoms with Gasteiger partial charge in [0.15, 0.2) is 0 Å². The van der Waals surface area contributed by atoms with E-state index in [1.54, 1.807) is 44.9 Å². The molecule has 0 aliphatic heterocycles. The molecule has 4 unspecified atom stereocenters. The van der Waals surface area contributed by atoms with Crippen LogP contribution in [0.2, 0.25) is 0 Å². The maximum atomic E-state index is 2.44. The summed E-state index contributed by atoms with van der Waals surface area (Å²) in [6.07, 6.45) is 17.2. The van der Waals surface area contributed by atoms with Crippen LogP contribution in [-0.4, -0.2) is 0 Å². The predicted octanol–water partition coefficient (Wildman–Crippen LogP) is 6.06. The van der Waals surface area contributed by atoms with Crippen molar-refractivity contribution in [2.75, 3.05) is 0 Å². The summed E-state index contributed by atoms with van der Waals surface area (Å²) in [5.41, 5.74) is 0. The van der Waals surface area contributed by atoms with Crippen molar-refractivity contribution in [2.24, 2.45) is 35.5 Å². The second-order valence-corrected chi connectivity index (χ2v) is 8.31. The molecular weight excluding hydrogens is 228 g/mol. The maximum absolute atomic E-state index is 2.44. The molecule has 0 aromatic carbocycles. The lowest BCUT2D eigenvalue weighted by molar-refractivity contribution is 0.0548. The molecule has 3 aliphatic carbocycles. The minimum absolute atomic E-state index is 0.928. The third-order valence-electron chi connectivity index (χ3n) is 6.95. The normalized spacial score (nSPS) is 41.2. The van der Waals surface area contributed by atoms with E-state index in [0.29, 0.717) is 0 Å². The van der Waals surface area contributed by atoms with E-state index in [9.17, 15) is 0 Å². The van der Waals surface area contributed by atoms with Crippen molar-refractivity contribution in [3.05, 3.63) is 0 Å². The summed E-state index contributed by atoms with van der Waals surface area (Å²) in [7, 11) is 0. The number of fused-ring (bicyclic) bond motifs is 1. The van der Waals surface area contributed by atoms with Crippen LogP contribution >= 0.6 is 0 Å². The zero-order valence-electron chi connectivity index (χ0n) is 13.2. The molecule has 3 fully saturated rings. The van der Waals surface area contributed by atoms with Gasteiger partial charge in [-0.15, -0.1) is 0 Å². The Balaban J connectivity index is 1.54. The van der Waals surface area contributed by atoms with Crippen molar-refractivity contribution in [1.82, 2.24) is 0 Å². The molecular formula is C19H34. The van der Waals surface area contributed by atoms with Gasteiger partial charge >= 0.3 is 0 Å². The molecule has 0 spiro atoms. The van der Waals surface area contributed by atoms with E-state index < -0.39 is 0 Å². The Hall–Kier alpha value is 0. The van der Waals surface area contributed by atoms with E-state index in [4.69, 9.17) is 0 Å². The highest BCUT2D eigenvalue weighted by atomic mass is 14.4. The zero-order valence-corrected chi connectivity index (χ0v) is 13.2. The van der Waals surface area contributed by atoms with Crippen molar-refractivity contribution in [3.8, 4) is 0 Å². The molecule has 0 radical (unpaired) electrons. The number of rotatable bonds is 2. The van der Waals surface area contributed by atoms with Gasteiger partial charge in [0.25, 0.3) is 0 Å². The van der Waals surface area contributed by atoms with Gasteiger partial charge in [-0.25, -0.2) is 0 Å². The summed E-state index contributed by atoms with van der Waals surface area (Å²) < 4.78 is 0. The van der Waals surface area contributed by atoms with E-state index in [0.717, 1.165) is 35.5 Å². The van der Waals surface area contributed by atoms with Crippen molar-refractivity contribution < 1.29 is 0 Å². The second kappa shape index (κ2) is 6.19. The average Bonchev–Trinajstić information content (AvgIpc) is 2.47. The van der Waals surface area contributed by atoms with Gasteiger partial charge in [-0.3, -0.25) is 0 Å². The molecule has 3 saturated carbocycles. The van der Waals surface area contributed by atoms with Gasteiger partial charge in [-0.05, 0) is 74.0 Å². The second-order valence-electron chi connectivity index (χ2n) is 8.31. The van der Waals surface area contributed by atoms with Gasteiger partial charge in [0.1, 0.15) is 0 Å². The average molecular weight is 262 g/mol. The van der Waals surface area contributed by atoms with Crippen molar-refractivity contribution in [3.63, 3.8) is 0 Å². The molecule has 0 saturated heterocycles. The van der Waals surface area contributed by atoms with Crippen LogP contribution in [0.15, 0.2) is 0 Å². The van der Waals surface area contributed by atoms with Crippen molar-refractivity contribution in [2.45, 2.75) is 84.5 Å². The molecule has 0 aromatic rings. The van der Waals surface area contributed by atoms with Crippen LogP contribution in [0.3, 0.4) is 0 Å². The van der Waals surface area contributed by atoms with E-state index in [1.807, 2.05) is 0 Å². The summed E-state index contributed by atoms with van der Waals surface area (Å²) in [6, 6.07) is 0. The quantitative estimate of drug-likeness (QED) is 0.568. The maximum Gasteiger partial charge on any atom is -0.0383 e. The molecule has 19 heavy (non-hydrogen) atoms. The standard InChI is InChI=1S/C19H34/c1-14(2)16-8-9-19-13-17(10-11-18(19)12-16)15-6-4-3-5-7-15/h14-19H,3-13H2,1-2H3. The third-order valence-corrected chi connectivity index (χ3v) is 6.95. The summed E-state index contributed by atoms with van der Waals surface area (Å²) in [4.78, 5) is 0. The molecule has 0 nitrogen and oxygen atoms in total. The van der Waals surface area contributed by atoms with Crippen LogP contribution in [0.1, 0.15) is 84.5 Å². The van der Waals surface area contributed by atoms with Crippen molar-refractivity contribution in [1.29, 1.82) is 0 Å². The molecule has 3 rings (SSSR count). The molecule has 4 atom stereocenters. The van der Waals surface area contributed by atoms with Crippen LogP contribution in [0, 0.1) is 35.5 Å². The summed E-state index contributed by atoms with van der Waals surface area (Å²) in [5.74, 6) is 6.45. The fourth-order valence-electron chi connectivity index (χ4n) is 5.60. The first-order valence-corrected chi connectivity index (χ1v) is 9.24. The Morgan fingerprint density at radius 1 is 0.579 bits per heavy atom. The topological polar surface area (TPSA) is 0 Å². The summed E-state index contributed by atoms with van der Waals surface area (Å²) in [5, 5.41) is 0. The predicted molar refractivity (Wildman–Crippen MR) is 83.1 cm³/mol. The number of hydrogen-bond acceptors (Lipinski definition) is 0. The monoisotopic (exact) mass is 262 g/mol. The minimum atomic E-state index is 0.928. The van der Waals surface area contributed by atoms with Gasteiger partial charge in [-0.2, -0.15) is 0 Å². The summed E-state index contributed by atoms with van der Waals surface area (Å²) >= 11 is 0. The fraction of sp³-hybridized carbons (Fsp3) is 1.00. The van der Waals surface area contributed by atoms with E-state index in [1.165, 1.54) is 25.7 Å². The molecule has 0 bridgehead atoms. The Kier molecular flexibility index (Phi) is 4.54. The van der Waals surface area contributed by atoms with Crippen LogP contribution in [0.5, 0.6) is 0 Å². The van der Waals surface area contributed by atoms with E-state index in [-0.39, 0.29) is 0 Å². The lowest BCUT2D eigenvalue weighted by Crippen LogP contribution is -2.35. The first-order valence-electron chi connectivity index (χ1n) is 9.24. The highest BCUT2D eigenvalue weighted by molar-refractivity contribution is 4.89. The number of hydrogen-bond donors (Lipinski definition) is 0. The van der Waals surface area contributed by atoms with Crippen LogP contribution in [-0.2, 0) is 0 Å². The molecule has 0 amide bonds. The van der Waals surface area contributed by atoms with E-state index in [2.05, 4.69) is 13.8 Å². The van der Waals surface area contributed by atoms with Gasteiger partial charge in [0.2, 0.25) is 0 Å². The van der Waals surface area contributed by atoms with Crippen LogP contribution in [0.4, 0.5) is 0 Å². The molecule has 110 valence electrons. The molecule has 0 aromatic heterocycles. The zero-order chi connectivity index (χ0) is 13.2. The van der Waals surface area contributed by atoms with Gasteiger partial charge < -0.3 is 0 Å². The Labute approximate surface area is 120 Å². The fourth-order valence-corrected chi connectivity index (χ4v) is 5.60. The Morgan fingerprint density at radius 2 is 1.16 bits per heavy atom. The minimum Gasteiger partial charge on any atom is -0.0625 e.